The molecule has 0 unspecified atom stereocenters. The van der Waals surface area contributed by atoms with Gasteiger partial charge in [0.1, 0.15) is 5.82 Å². The van der Waals surface area contributed by atoms with Gasteiger partial charge in [-0.05, 0) is 32.0 Å². The number of rotatable bonds is 1. The highest BCUT2D eigenvalue weighted by atomic mass is 19.4. The number of nitrogens with one attached hydrogen (secondary N) is 1. The first-order valence-corrected chi connectivity index (χ1v) is 6.95. The number of carbonyl (C=O) groups is 1. The van der Waals surface area contributed by atoms with Gasteiger partial charge in [0.15, 0.2) is 5.82 Å². The van der Waals surface area contributed by atoms with Crippen molar-refractivity contribution in [2.75, 3.05) is 16.8 Å². The van der Waals surface area contributed by atoms with E-state index >= 15 is 0 Å². The fraction of sp³-hybridized carbons (Fsp3) is 0.267. The van der Waals surface area contributed by atoms with Crippen LogP contribution in [-0.4, -0.2) is 22.4 Å². The summed E-state index contributed by atoms with van der Waals surface area (Å²) < 4.78 is 40.1. The van der Waals surface area contributed by atoms with Crippen molar-refractivity contribution in [3.8, 4) is 0 Å². The van der Waals surface area contributed by atoms with Gasteiger partial charge in [0.05, 0.1) is 16.8 Å². The highest BCUT2D eigenvalue weighted by Gasteiger charge is 2.39. The lowest BCUT2D eigenvalue weighted by molar-refractivity contribution is -0.137. The van der Waals surface area contributed by atoms with E-state index in [2.05, 4.69) is 15.3 Å². The summed E-state index contributed by atoms with van der Waals surface area (Å²) in [5, 5.41) is 2.34. The molecule has 0 aromatic carbocycles. The Labute approximate surface area is 130 Å². The highest BCUT2D eigenvalue weighted by Crippen LogP contribution is 2.43. The Bertz CT molecular complexity index is 789. The van der Waals surface area contributed by atoms with Crippen LogP contribution in [0.2, 0.25) is 0 Å². The third-order valence-electron chi connectivity index (χ3n) is 3.53. The van der Waals surface area contributed by atoms with E-state index < -0.39 is 17.6 Å². The predicted molar refractivity (Wildman–Crippen MR) is 78.8 cm³/mol. The molecule has 0 saturated carbocycles. The van der Waals surface area contributed by atoms with Gasteiger partial charge in [0.2, 0.25) is 0 Å². The first-order chi connectivity index (χ1) is 10.8. The molecule has 0 spiro atoms. The quantitative estimate of drug-likeness (QED) is 0.872. The van der Waals surface area contributed by atoms with Crippen LogP contribution in [0.5, 0.6) is 0 Å². The molecule has 1 amide bonds. The van der Waals surface area contributed by atoms with Gasteiger partial charge in [-0.25, -0.2) is 9.97 Å². The summed E-state index contributed by atoms with van der Waals surface area (Å²) in [6.45, 7) is 3.56. The van der Waals surface area contributed by atoms with E-state index in [0.29, 0.717) is 6.54 Å². The smallest absolute Gasteiger partial charge is 0.318 e. The minimum atomic E-state index is -4.60. The molecule has 1 N–H and O–H groups in total. The molecule has 0 radical (unpaired) electrons. The molecule has 0 fully saturated rings. The molecule has 0 aliphatic carbocycles. The standard InChI is InChI=1S/C15H13F3N4O/c1-3-22-12-9(5-4-6-19-12)14(23)21-11-10(15(16,17)18)7-8(2)20-13(11)22/h4-7H,3H2,1-2H3,(H,21,23). The average molecular weight is 322 g/mol. The van der Waals surface area contributed by atoms with Gasteiger partial charge in [0, 0.05) is 18.4 Å². The third-order valence-corrected chi connectivity index (χ3v) is 3.53. The van der Waals surface area contributed by atoms with Crippen LogP contribution in [0.15, 0.2) is 24.4 Å². The first-order valence-electron chi connectivity index (χ1n) is 6.95. The van der Waals surface area contributed by atoms with Crippen LogP contribution < -0.4 is 10.2 Å². The van der Waals surface area contributed by atoms with E-state index in [4.69, 9.17) is 0 Å². The Morgan fingerprint density at radius 3 is 2.70 bits per heavy atom. The van der Waals surface area contributed by atoms with Crippen molar-refractivity contribution >= 4 is 23.2 Å². The summed E-state index contributed by atoms with van der Waals surface area (Å²) >= 11 is 0. The summed E-state index contributed by atoms with van der Waals surface area (Å²) in [5.41, 5.74) is -0.839. The summed E-state index contributed by atoms with van der Waals surface area (Å²) in [6.07, 6.45) is -3.12. The van der Waals surface area contributed by atoms with E-state index in [-0.39, 0.29) is 28.6 Å². The zero-order valence-corrected chi connectivity index (χ0v) is 12.4. The van der Waals surface area contributed by atoms with Crippen LogP contribution in [0, 0.1) is 6.92 Å². The predicted octanol–water partition coefficient (Wildman–Crippen LogP) is 3.53. The molecule has 2 aromatic rings. The Balaban J connectivity index is 2.33. The SMILES string of the molecule is CCN1c2ncccc2C(=O)Nc2c(C(F)(F)F)cc(C)nc21. The first kappa shape index (κ1) is 15.3. The fourth-order valence-electron chi connectivity index (χ4n) is 2.57. The molecular formula is C15H13F3N4O. The molecule has 8 heteroatoms. The van der Waals surface area contributed by atoms with Crippen LogP contribution in [0.3, 0.4) is 0 Å². The maximum Gasteiger partial charge on any atom is 0.418 e. The number of anilines is 3. The number of aryl methyl sites for hydroxylation is 1. The molecule has 1 aliphatic rings. The monoisotopic (exact) mass is 322 g/mol. The molecule has 23 heavy (non-hydrogen) atoms. The zero-order valence-electron chi connectivity index (χ0n) is 12.4. The Morgan fingerprint density at radius 2 is 2.04 bits per heavy atom. The normalized spacial score (nSPS) is 14.0. The molecule has 0 atom stereocenters. The minimum Gasteiger partial charge on any atom is -0.318 e. The van der Waals surface area contributed by atoms with Gasteiger partial charge in [-0.2, -0.15) is 13.2 Å². The number of amides is 1. The van der Waals surface area contributed by atoms with Crippen LogP contribution in [0.25, 0.3) is 0 Å². The second-order valence-corrected chi connectivity index (χ2v) is 5.08. The Morgan fingerprint density at radius 1 is 1.30 bits per heavy atom. The maximum absolute atomic E-state index is 13.4. The average Bonchev–Trinajstić information content (AvgIpc) is 2.60. The second-order valence-electron chi connectivity index (χ2n) is 5.08. The van der Waals surface area contributed by atoms with E-state index in [9.17, 15) is 18.0 Å². The van der Waals surface area contributed by atoms with Crippen LogP contribution in [-0.2, 0) is 6.18 Å². The van der Waals surface area contributed by atoms with Crippen molar-refractivity contribution < 1.29 is 18.0 Å². The molecule has 3 rings (SSSR count). The van der Waals surface area contributed by atoms with E-state index in [1.54, 1.807) is 13.0 Å². The number of hydrogen-bond acceptors (Lipinski definition) is 4. The van der Waals surface area contributed by atoms with Crippen molar-refractivity contribution in [2.45, 2.75) is 20.0 Å². The molecule has 0 saturated heterocycles. The molecule has 2 aromatic heterocycles. The number of pyridine rings is 2. The number of carbonyl (C=O) groups excluding carboxylic acids is 1. The van der Waals surface area contributed by atoms with E-state index in [1.807, 2.05) is 0 Å². The van der Waals surface area contributed by atoms with Crippen molar-refractivity contribution in [1.82, 2.24) is 9.97 Å². The molecule has 1 aliphatic heterocycles. The summed E-state index contributed by atoms with van der Waals surface area (Å²) in [4.78, 5) is 22.2. The molecule has 5 nitrogen and oxygen atoms in total. The van der Waals surface area contributed by atoms with Gasteiger partial charge in [0.25, 0.3) is 5.91 Å². The van der Waals surface area contributed by atoms with E-state index in [1.165, 1.54) is 24.1 Å². The van der Waals surface area contributed by atoms with Crippen LogP contribution >= 0.6 is 0 Å². The van der Waals surface area contributed by atoms with Gasteiger partial charge < -0.3 is 10.2 Å². The molecule has 0 bridgehead atoms. The second kappa shape index (κ2) is 5.22. The highest BCUT2D eigenvalue weighted by molar-refractivity contribution is 6.11. The number of aromatic nitrogens is 2. The lowest BCUT2D eigenvalue weighted by Gasteiger charge is -2.24. The molecule has 3 heterocycles. The van der Waals surface area contributed by atoms with Gasteiger partial charge in [-0.1, -0.05) is 0 Å². The lowest BCUT2D eigenvalue weighted by atomic mass is 10.1. The Kier molecular flexibility index (Phi) is 3.46. The largest absolute Gasteiger partial charge is 0.418 e. The van der Waals surface area contributed by atoms with Crippen molar-refractivity contribution in [3.63, 3.8) is 0 Å². The van der Waals surface area contributed by atoms with Gasteiger partial charge >= 0.3 is 6.18 Å². The number of nitrogens with zero attached hydrogens (tertiary/aromatic N) is 3. The number of fused-ring (bicyclic) bond motifs is 2. The number of hydrogen-bond donors (Lipinski definition) is 1. The summed E-state index contributed by atoms with van der Waals surface area (Å²) in [5.74, 6) is -0.301. The van der Waals surface area contributed by atoms with Crippen molar-refractivity contribution in [1.29, 1.82) is 0 Å². The van der Waals surface area contributed by atoms with Crippen LogP contribution in [0.4, 0.5) is 30.5 Å². The van der Waals surface area contributed by atoms with E-state index in [0.717, 1.165) is 6.07 Å². The van der Waals surface area contributed by atoms with Crippen LogP contribution in [0.1, 0.15) is 28.5 Å². The Hall–Kier alpha value is -2.64. The third kappa shape index (κ3) is 2.49. The van der Waals surface area contributed by atoms with Crippen molar-refractivity contribution in [2.24, 2.45) is 0 Å². The minimum absolute atomic E-state index is 0.0469. The topological polar surface area (TPSA) is 58.1 Å². The lowest BCUT2D eigenvalue weighted by Crippen LogP contribution is -2.21. The maximum atomic E-state index is 13.4. The summed E-state index contributed by atoms with van der Waals surface area (Å²) in [6, 6.07) is 4.01. The number of alkyl halides is 3. The summed E-state index contributed by atoms with van der Waals surface area (Å²) in [7, 11) is 0. The molecular weight excluding hydrogens is 309 g/mol. The zero-order chi connectivity index (χ0) is 16.8. The van der Waals surface area contributed by atoms with Gasteiger partial charge in [-0.15, -0.1) is 0 Å². The van der Waals surface area contributed by atoms with Gasteiger partial charge in [-0.3, -0.25) is 4.79 Å². The van der Waals surface area contributed by atoms with Crippen molar-refractivity contribution in [3.05, 3.63) is 41.2 Å². The fourth-order valence-corrected chi connectivity index (χ4v) is 2.57. The molecule has 120 valence electrons. The number of halogens is 3.